The lowest BCUT2D eigenvalue weighted by Gasteiger charge is -2.38. The van der Waals surface area contributed by atoms with E-state index < -0.39 is 47.5 Å². The SMILES string of the molecule is COC(=O)CC1c2cccc(F)c2N=C(c2ccc(Br)cc2)N1c1cc(C(F)(F)F)ccc1F. The van der Waals surface area contributed by atoms with E-state index in [1.165, 1.54) is 23.1 Å². The standard InChI is InChI=1S/C24H16BrF5N2O2/c1-34-21(33)12-19-16-3-2-4-18(27)22(16)31-23(13-5-8-15(25)9-6-13)32(19)20-11-14(24(28,29)30)7-10-17(20)26/h2-11,19H,12H2,1H3. The lowest BCUT2D eigenvalue weighted by Crippen LogP contribution is -2.40. The smallest absolute Gasteiger partial charge is 0.416 e. The summed E-state index contributed by atoms with van der Waals surface area (Å²) in [7, 11) is 1.15. The van der Waals surface area contributed by atoms with Crippen LogP contribution >= 0.6 is 15.9 Å². The Balaban J connectivity index is 2.02. The average Bonchev–Trinajstić information content (AvgIpc) is 2.79. The molecule has 1 aliphatic rings. The number of rotatable bonds is 4. The van der Waals surface area contributed by atoms with E-state index in [1.807, 2.05) is 0 Å². The highest BCUT2D eigenvalue weighted by Gasteiger charge is 2.38. The molecule has 4 rings (SSSR count). The largest absolute Gasteiger partial charge is 0.469 e. The number of amidine groups is 1. The first-order valence-electron chi connectivity index (χ1n) is 9.96. The van der Waals surface area contributed by atoms with E-state index in [4.69, 9.17) is 4.74 Å². The van der Waals surface area contributed by atoms with Crippen LogP contribution in [0.1, 0.15) is 29.2 Å². The van der Waals surface area contributed by atoms with Gasteiger partial charge in [0, 0.05) is 15.6 Å². The molecule has 34 heavy (non-hydrogen) atoms. The second kappa shape index (κ2) is 9.17. The number of carbonyl (C=O) groups is 1. The number of fused-ring (bicyclic) bond motifs is 1. The monoisotopic (exact) mass is 538 g/mol. The summed E-state index contributed by atoms with van der Waals surface area (Å²) >= 11 is 3.30. The summed E-state index contributed by atoms with van der Waals surface area (Å²) in [6.07, 6.45) is -5.13. The van der Waals surface area contributed by atoms with Crippen molar-refractivity contribution < 1.29 is 31.5 Å². The number of para-hydroxylation sites is 1. The van der Waals surface area contributed by atoms with Gasteiger partial charge in [-0.25, -0.2) is 13.8 Å². The van der Waals surface area contributed by atoms with Gasteiger partial charge >= 0.3 is 12.1 Å². The molecule has 0 aliphatic carbocycles. The highest BCUT2D eigenvalue weighted by atomic mass is 79.9. The zero-order chi connectivity index (χ0) is 24.6. The lowest BCUT2D eigenvalue weighted by molar-refractivity contribution is -0.141. The molecule has 0 N–H and O–H groups in total. The van der Waals surface area contributed by atoms with Gasteiger partial charge in [0.2, 0.25) is 0 Å². The first kappa shape index (κ1) is 23.9. The minimum atomic E-state index is -4.74. The van der Waals surface area contributed by atoms with Crippen molar-refractivity contribution in [3.63, 3.8) is 0 Å². The third kappa shape index (κ3) is 4.54. The van der Waals surface area contributed by atoms with Gasteiger partial charge in [-0.3, -0.25) is 4.79 Å². The van der Waals surface area contributed by atoms with Gasteiger partial charge in [0.25, 0.3) is 0 Å². The van der Waals surface area contributed by atoms with Gasteiger partial charge in [-0.1, -0.05) is 40.2 Å². The molecule has 176 valence electrons. The maximum atomic E-state index is 15.1. The number of aliphatic imine (C=N–C) groups is 1. The summed E-state index contributed by atoms with van der Waals surface area (Å²) in [5.41, 5.74) is -1.04. The molecule has 3 aromatic carbocycles. The molecule has 3 aromatic rings. The van der Waals surface area contributed by atoms with Crippen LogP contribution in [0.3, 0.4) is 0 Å². The number of ether oxygens (including phenoxy) is 1. The van der Waals surface area contributed by atoms with Crippen molar-refractivity contribution in [3.8, 4) is 0 Å². The number of hydrogen-bond acceptors (Lipinski definition) is 4. The van der Waals surface area contributed by atoms with E-state index in [0.29, 0.717) is 28.2 Å². The van der Waals surface area contributed by atoms with Crippen LogP contribution in [0.4, 0.5) is 33.3 Å². The topological polar surface area (TPSA) is 41.9 Å². The minimum Gasteiger partial charge on any atom is -0.469 e. The number of alkyl halides is 3. The Kier molecular flexibility index (Phi) is 6.44. The van der Waals surface area contributed by atoms with E-state index >= 15 is 4.39 Å². The van der Waals surface area contributed by atoms with E-state index in [0.717, 1.165) is 7.11 Å². The fraction of sp³-hybridized carbons (Fsp3) is 0.167. The van der Waals surface area contributed by atoms with Crippen molar-refractivity contribution in [2.75, 3.05) is 12.0 Å². The Morgan fingerprint density at radius 3 is 2.41 bits per heavy atom. The molecule has 1 aliphatic heterocycles. The molecule has 0 spiro atoms. The predicted octanol–water partition coefficient (Wildman–Crippen LogP) is 6.95. The molecule has 1 unspecified atom stereocenters. The molecule has 10 heteroatoms. The molecular formula is C24H16BrF5N2O2. The summed E-state index contributed by atoms with van der Waals surface area (Å²) in [6.45, 7) is 0. The number of benzene rings is 3. The maximum absolute atomic E-state index is 15.1. The molecule has 0 bridgehead atoms. The molecule has 0 aromatic heterocycles. The first-order valence-corrected chi connectivity index (χ1v) is 10.7. The second-order valence-electron chi connectivity index (χ2n) is 7.45. The van der Waals surface area contributed by atoms with Gasteiger partial charge in [0.1, 0.15) is 23.2 Å². The summed E-state index contributed by atoms with van der Waals surface area (Å²) in [4.78, 5) is 17.8. The number of anilines is 1. The van der Waals surface area contributed by atoms with Crippen LogP contribution < -0.4 is 4.90 Å². The van der Waals surface area contributed by atoms with E-state index in [1.54, 1.807) is 24.3 Å². The molecule has 4 nitrogen and oxygen atoms in total. The molecule has 0 radical (unpaired) electrons. The number of carbonyl (C=O) groups excluding carboxylic acids is 1. The van der Waals surface area contributed by atoms with Crippen LogP contribution in [0.5, 0.6) is 0 Å². The minimum absolute atomic E-state index is 0.0165. The molecule has 0 amide bonds. The van der Waals surface area contributed by atoms with Gasteiger partial charge in [-0.05, 0) is 36.4 Å². The summed E-state index contributed by atoms with van der Waals surface area (Å²) in [5, 5.41) is 0. The van der Waals surface area contributed by atoms with Crippen molar-refractivity contribution in [1.29, 1.82) is 0 Å². The zero-order valence-electron chi connectivity index (χ0n) is 17.5. The Labute approximate surface area is 199 Å². The van der Waals surface area contributed by atoms with Gasteiger partial charge in [0.15, 0.2) is 0 Å². The van der Waals surface area contributed by atoms with Crippen molar-refractivity contribution in [2.24, 2.45) is 4.99 Å². The third-order valence-corrected chi connectivity index (χ3v) is 5.89. The van der Waals surface area contributed by atoms with E-state index in [-0.39, 0.29) is 17.1 Å². The highest BCUT2D eigenvalue weighted by molar-refractivity contribution is 9.10. The van der Waals surface area contributed by atoms with Gasteiger partial charge in [-0.2, -0.15) is 13.2 Å². The molecule has 0 saturated heterocycles. The highest BCUT2D eigenvalue weighted by Crippen LogP contribution is 2.44. The molecule has 0 saturated carbocycles. The number of nitrogens with zero attached hydrogens (tertiary/aromatic N) is 2. The average molecular weight is 539 g/mol. The fourth-order valence-electron chi connectivity index (χ4n) is 3.77. The molecule has 0 fully saturated rings. The van der Waals surface area contributed by atoms with Crippen LogP contribution in [-0.2, 0) is 15.7 Å². The Bertz CT molecular complexity index is 1280. The number of methoxy groups -OCH3 is 1. The normalized spacial score (nSPS) is 15.6. The fourth-order valence-corrected chi connectivity index (χ4v) is 4.03. The third-order valence-electron chi connectivity index (χ3n) is 5.36. The van der Waals surface area contributed by atoms with Crippen LogP contribution in [0, 0.1) is 11.6 Å². The van der Waals surface area contributed by atoms with Gasteiger partial charge in [-0.15, -0.1) is 0 Å². The Morgan fingerprint density at radius 1 is 1.06 bits per heavy atom. The second-order valence-corrected chi connectivity index (χ2v) is 8.37. The van der Waals surface area contributed by atoms with Crippen molar-refractivity contribution >= 4 is 39.1 Å². The first-order chi connectivity index (χ1) is 16.1. The number of hydrogen-bond donors (Lipinski definition) is 0. The van der Waals surface area contributed by atoms with Crippen LogP contribution in [0.15, 0.2) is 70.1 Å². The number of esters is 1. The van der Waals surface area contributed by atoms with Crippen molar-refractivity contribution in [3.05, 3.63) is 93.5 Å². The Morgan fingerprint density at radius 2 is 1.76 bits per heavy atom. The van der Waals surface area contributed by atoms with Gasteiger partial charge < -0.3 is 9.64 Å². The molecule has 1 heterocycles. The summed E-state index contributed by atoms with van der Waals surface area (Å²) in [5.74, 6) is -2.38. The zero-order valence-corrected chi connectivity index (χ0v) is 19.1. The van der Waals surface area contributed by atoms with E-state index in [2.05, 4.69) is 20.9 Å². The van der Waals surface area contributed by atoms with Crippen molar-refractivity contribution in [1.82, 2.24) is 0 Å². The summed E-state index contributed by atoms with van der Waals surface area (Å²) < 4.78 is 75.8. The van der Waals surface area contributed by atoms with Gasteiger partial charge in [0.05, 0.1) is 30.8 Å². The van der Waals surface area contributed by atoms with Crippen LogP contribution in [-0.4, -0.2) is 18.9 Å². The summed E-state index contributed by atoms with van der Waals surface area (Å²) in [6, 6.07) is 11.5. The number of halogens is 6. The predicted molar refractivity (Wildman–Crippen MR) is 120 cm³/mol. The van der Waals surface area contributed by atoms with E-state index in [9.17, 15) is 22.4 Å². The molecular weight excluding hydrogens is 523 g/mol. The maximum Gasteiger partial charge on any atom is 0.416 e. The Hall–Kier alpha value is -3.27. The lowest BCUT2D eigenvalue weighted by atomic mass is 9.95. The van der Waals surface area contributed by atoms with Crippen LogP contribution in [0.2, 0.25) is 0 Å². The molecule has 1 atom stereocenters. The quantitative estimate of drug-likeness (QED) is 0.266. The van der Waals surface area contributed by atoms with Crippen molar-refractivity contribution in [2.45, 2.75) is 18.6 Å². The van der Waals surface area contributed by atoms with Crippen LogP contribution in [0.25, 0.3) is 0 Å².